The molecule has 0 aromatic carbocycles. The van der Waals surface area contributed by atoms with Gasteiger partial charge in [0.05, 0.1) is 5.69 Å². The first-order valence-electron chi connectivity index (χ1n) is 9.23. The number of carbonyl (C=O) groups excluding carboxylic acids is 1. The maximum atomic E-state index is 12.8. The highest BCUT2D eigenvalue weighted by Gasteiger charge is 2.27. The highest BCUT2D eigenvalue weighted by molar-refractivity contribution is 7.91. The molecule has 0 radical (unpaired) electrons. The zero-order valence-corrected chi connectivity index (χ0v) is 17.5. The normalized spacial score (nSPS) is 17.7. The lowest BCUT2D eigenvalue weighted by atomic mass is 10.1. The molecule has 0 spiro atoms. The average Bonchev–Trinajstić information content (AvgIpc) is 3.33. The summed E-state index contributed by atoms with van der Waals surface area (Å²) in [6.45, 7) is 3.14. The largest absolute Gasteiger partial charge is 0.383 e. The van der Waals surface area contributed by atoms with Gasteiger partial charge in [-0.1, -0.05) is 0 Å². The lowest BCUT2D eigenvalue weighted by molar-refractivity contribution is 0.0778. The van der Waals surface area contributed by atoms with Gasteiger partial charge in [0.25, 0.3) is 0 Å². The Morgan fingerprint density at radius 3 is 2.36 bits per heavy atom. The van der Waals surface area contributed by atoms with E-state index in [-0.39, 0.29) is 5.03 Å². The average molecular weight is 422 g/mol. The number of aliphatic hydroxyl groups is 1. The number of nitrogens with two attached hydrogens (primary N) is 1. The minimum Gasteiger partial charge on any atom is -0.383 e. The molecular formula is C18H23N5O3S2. The highest BCUT2D eigenvalue weighted by Crippen LogP contribution is 2.36. The van der Waals surface area contributed by atoms with Gasteiger partial charge in [-0.05, 0) is 63.5 Å². The number of nitrogens with one attached hydrogen (secondary N) is 1. The number of nitrogens with zero attached hydrogens (tertiary/aromatic N) is 3. The van der Waals surface area contributed by atoms with Crippen molar-refractivity contribution in [2.45, 2.75) is 63.0 Å². The fourth-order valence-corrected chi connectivity index (χ4v) is 5.78. The second-order valence-electron chi connectivity index (χ2n) is 7.68. The number of pyridine rings is 1. The van der Waals surface area contributed by atoms with Crippen LogP contribution in [0.4, 0.5) is 10.5 Å². The quantitative estimate of drug-likeness (QED) is 0.701. The summed E-state index contributed by atoms with van der Waals surface area (Å²) in [6, 6.07) is -0.750. The van der Waals surface area contributed by atoms with Crippen LogP contribution >= 0.6 is 11.3 Å². The Morgan fingerprint density at radius 1 is 1.21 bits per heavy atom. The molecule has 0 fully saturated rings. The molecule has 2 aliphatic rings. The summed E-state index contributed by atoms with van der Waals surface area (Å²) in [5.41, 5.74) is 3.79. The Balaban J connectivity index is 1.65. The molecule has 0 saturated carbocycles. The van der Waals surface area contributed by atoms with Crippen LogP contribution in [0.15, 0.2) is 14.8 Å². The number of anilines is 1. The summed E-state index contributed by atoms with van der Waals surface area (Å²) < 4.78 is 16.5. The van der Waals surface area contributed by atoms with Crippen LogP contribution in [0.2, 0.25) is 0 Å². The van der Waals surface area contributed by atoms with Crippen LogP contribution in [-0.4, -0.2) is 25.3 Å². The van der Waals surface area contributed by atoms with Crippen molar-refractivity contribution in [1.82, 2.24) is 9.97 Å². The monoisotopic (exact) mass is 421 g/mol. The molecule has 0 bridgehead atoms. The van der Waals surface area contributed by atoms with E-state index < -0.39 is 21.5 Å². The highest BCUT2D eigenvalue weighted by atomic mass is 32.2. The summed E-state index contributed by atoms with van der Waals surface area (Å²) in [6.07, 6.45) is 5.58. The first kappa shape index (κ1) is 19.4. The third-order valence-electron chi connectivity index (χ3n) is 5.01. The van der Waals surface area contributed by atoms with Crippen molar-refractivity contribution in [3.63, 3.8) is 0 Å². The van der Waals surface area contributed by atoms with E-state index in [1.807, 2.05) is 0 Å². The molecule has 0 aliphatic heterocycles. The number of thiazole rings is 1. The maximum Gasteiger partial charge on any atom is 0.354 e. The molecule has 28 heavy (non-hydrogen) atoms. The topological polar surface area (TPSA) is 131 Å². The van der Waals surface area contributed by atoms with Crippen molar-refractivity contribution >= 4 is 33.0 Å². The van der Waals surface area contributed by atoms with Crippen LogP contribution in [0.1, 0.15) is 54.2 Å². The van der Waals surface area contributed by atoms with E-state index in [1.165, 1.54) is 5.38 Å². The summed E-state index contributed by atoms with van der Waals surface area (Å²) in [5.74, 6) is 0. The van der Waals surface area contributed by atoms with Crippen LogP contribution < -0.4 is 10.5 Å². The van der Waals surface area contributed by atoms with Crippen molar-refractivity contribution in [1.29, 1.82) is 0 Å². The van der Waals surface area contributed by atoms with Gasteiger partial charge in [-0.15, -0.1) is 15.7 Å². The number of fused-ring (bicyclic) bond motifs is 2. The van der Waals surface area contributed by atoms with Gasteiger partial charge in [0.1, 0.15) is 10.6 Å². The van der Waals surface area contributed by atoms with Crippen molar-refractivity contribution < 1.29 is 14.1 Å². The van der Waals surface area contributed by atoms with Crippen molar-refractivity contribution in [2.75, 3.05) is 5.32 Å². The molecule has 0 saturated heterocycles. The number of carbonyl (C=O) groups is 1. The van der Waals surface area contributed by atoms with Gasteiger partial charge in [-0.25, -0.2) is 19.1 Å². The number of rotatable bonds is 3. The smallest absolute Gasteiger partial charge is 0.354 e. The van der Waals surface area contributed by atoms with E-state index in [4.69, 9.17) is 10.1 Å². The molecule has 150 valence electrons. The second kappa shape index (κ2) is 6.87. The molecule has 2 amide bonds. The zero-order valence-electron chi connectivity index (χ0n) is 15.8. The number of amides is 2. The molecule has 2 heterocycles. The lowest BCUT2D eigenvalue weighted by Crippen LogP contribution is -2.20. The molecular weight excluding hydrogens is 398 g/mol. The lowest BCUT2D eigenvalue weighted by Gasteiger charge is -2.14. The first-order chi connectivity index (χ1) is 13.1. The number of urea groups is 1. The number of hydrogen-bond donors (Lipinski definition) is 3. The Labute approximate surface area is 167 Å². The van der Waals surface area contributed by atoms with Gasteiger partial charge in [0, 0.05) is 16.8 Å². The Bertz CT molecular complexity index is 1050. The minimum absolute atomic E-state index is 0.00467. The van der Waals surface area contributed by atoms with Crippen molar-refractivity contribution in [2.24, 2.45) is 9.50 Å². The van der Waals surface area contributed by atoms with E-state index in [1.54, 1.807) is 13.8 Å². The fraction of sp³-hybridized carbons (Fsp3) is 0.500. The van der Waals surface area contributed by atoms with Gasteiger partial charge in [-0.2, -0.15) is 0 Å². The zero-order chi connectivity index (χ0) is 20.1. The van der Waals surface area contributed by atoms with E-state index >= 15 is 0 Å². The summed E-state index contributed by atoms with van der Waals surface area (Å²) in [7, 11) is -3.51. The van der Waals surface area contributed by atoms with Gasteiger partial charge in [0.15, 0.2) is 14.9 Å². The standard InChI is InChI=1S/C18H23N5O3S2/c1-18(2,25)16-21-14(9-27-16)28(19,26)23-17(24)22-15-10-5-3-7-12(10)20-13-8-4-6-11(13)15/h9,25H,3-8H2,1-2H3,(H3,19,20,22,23,24,26)/t28-/m0/s1. The van der Waals surface area contributed by atoms with Crippen molar-refractivity contribution in [3.8, 4) is 0 Å². The minimum atomic E-state index is -3.51. The summed E-state index contributed by atoms with van der Waals surface area (Å²) >= 11 is 1.13. The third kappa shape index (κ3) is 3.57. The van der Waals surface area contributed by atoms with Crippen LogP contribution in [-0.2, 0) is 41.2 Å². The molecule has 2 aromatic heterocycles. The molecule has 4 N–H and O–H groups in total. The summed E-state index contributed by atoms with van der Waals surface area (Å²) in [4.78, 5) is 21.4. The number of aryl methyl sites for hydroxylation is 2. The Kier molecular flexibility index (Phi) is 4.77. The molecule has 0 unspecified atom stereocenters. The fourth-order valence-electron chi connectivity index (χ4n) is 3.71. The maximum absolute atomic E-state index is 12.8. The predicted molar refractivity (Wildman–Crippen MR) is 108 cm³/mol. The van der Waals surface area contributed by atoms with E-state index in [0.717, 1.165) is 78.1 Å². The molecule has 10 heteroatoms. The van der Waals surface area contributed by atoms with Crippen LogP contribution in [0.5, 0.6) is 0 Å². The van der Waals surface area contributed by atoms with Crippen LogP contribution in [0, 0.1) is 0 Å². The SMILES string of the molecule is CC(C)(O)c1nc([S@@](N)(=O)=NC(=O)Nc2c3c(nc4c2CCC4)CCC3)cs1. The van der Waals surface area contributed by atoms with Crippen LogP contribution in [0.3, 0.4) is 0 Å². The third-order valence-corrected chi connectivity index (χ3v) is 7.56. The van der Waals surface area contributed by atoms with Crippen LogP contribution in [0.25, 0.3) is 0 Å². The Morgan fingerprint density at radius 2 is 1.82 bits per heavy atom. The van der Waals surface area contributed by atoms with Gasteiger partial charge in [0.2, 0.25) is 0 Å². The van der Waals surface area contributed by atoms with E-state index in [9.17, 15) is 14.1 Å². The molecule has 8 nitrogen and oxygen atoms in total. The molecule has 2 aliphatic carbocycles. The first-order valence-corrected chi connectivity index (χ1v) is 11.7. The second-order valence-corrected chi connectivity index (χ2v) is 10.3. The molecule has 4 rings (SSSR count). The molecule has 1 atom stereocenters. The number of aromatic nitrogens is 2. The van der Waals surface area contributed by atoms with Gasteiger partial charge in [-0.3, -0.25) is 4.98 Å². The molecule has 2 aromatic rings. The van der Waals surface area contributed by atoms with Gasteiger partial charge >= 0.3 is 6.03 Å². The van der Waals surface area contributed by atoms with E-state index in [0.29, 0.717) is 5.01 Å². The predicted octanol–water partition coefficient (Wildman–Crippen LogP) is 2.68. The van der Waals surface area contributed by atoms with Crippen molar-refractivity contribution in [3.05, 3.63) is 32.9 Å². The Hall–Kier alpha value is -1.88. The number of hydrogen-bond acceptors (Lipinski definition) is 6. The summed E-state index contributed by atoms with van der Waals surface area (Å²) in [5, 5.41) is 20.5. The van der Waals surface area contributed by atoms with Gasteiger partial charge < -0.3 is 10.4 Å². The van der Waals surface area contributed by atoms with E-state index in [2.05, 4.69) is 14.7 Å².